The summed E-state index contributed by atoms with van der Waals surface area (Å²) in [5.41, 5.74) is 6.53. The molecule has 2 N–H and O–H groups in total. The van der Waals surface area contributed by atoms with Crippen LogP contribution in [-0.4, -0.2) is 41.7 Å². The van der Waals surface area contributed by atoms with Crippen LogP contribution in [0.25, 0.3) is 0 Å². The molecule has 0 amide bonds. The van der Waals surface area contributed by atoms with Crippen LogP contribution >= 0.6 is 0 Å². The van der Waals surface area contributed by atoms with Gasteiger partial charge in [-0.25, -0.2) is 9.98 Å². The molecule has 1 aliphatic rings. The maximum atomic E-state index is 12.1. The van der Waals surface area contributed by atoms with Crippen LogP contribution in [0.1, 0.15) is 18.4 Å². The van der Waals surface area contributed by atoms with E-state index >= 15 is 0 Å². The molecule has 0 saturated heterocycles. The van der Waals surface area contributed by atoms with Crippen molar-refractivity contribution in [3.63, 3.8) is 0 Å². The summed E-state index contributed by atoms with van der Waals surface area (Å²) in [6, 6.07) is 3.55. The summed E-state index contributed by atoms with van der Waals surface area (Å²) in [6.45, 7) is -1.09. The van der Waals surface area contributed by atoms with Gasteiger partial charge < -0.3 is 15.4 Å². The van der Waals surface area contributed by atoms with E-state index in [1.807, 2.05) is 11.9 Å². The van der Waals surface area contributed by atoms with Crippen LogP contribution in [0.2, 0.25) is 0 Å². The number of ether oxygens (including phenoxy) is 1. The number of aromatic nitrogens is 1. The Hall–Kier alpha value is -1.99. The van der Waals surface area contributed by atoms with Crippen LogP contribution in [0.5, 0.6) is 5.88 Å². The van der Waals surface area contributed by atoms with Gasteiger partial charge in [-0.3, -0.25) is 0 Å². The third-order valence-corrected chi connectivity index (χ3v) is 3.06. The van der Waals surface area contributed by atoms with Crippen LogP contribution < -0.4 is 10.5 Å². The zero-order chi connectivity index (χ0) is 15.5. The first-order chi connectivity index (χ1) is 9.85. The molecule has 0 atom stereocenters. The highest BCUT2D eigenvalue weighted by Crippen LogP contribution is 2.25. The number of hydrogen-bond acceptors (Lipinski definition) is 3. The van der Waals surface area contributed by atoms with Crippen molar-refractivity contribution in [3.8, 4) is 5.88 Å². The quantitative estimate of drug-likeness (QED) is 0.667. The molecule has 116 valence electrons. The van der Waals surface area contributed by atoms with E-state index in [-0.39, 0.29) is 12.4 Å². The van der Waals surface area contributed by atoms with Crippen molar-refractivity contribution in [1.29, 1.82) is 0 Å². The normalized spacial score (nSPS) is 15.9. The molecule has 1 aromatic heterocycles. The number of alkyl halides is 3. The van der Waals surface area contributed by atoms with Gasteiger partial charge in [-0.2, -0.15) is 13.2 Å². The zero-order valence-corrected chi connectivity index (χ0v) is 11.6. The molecule has 5 nitrogen and oxygen atoms in total. The third kappa shape index (κ3) is 5.13. The fraction of sp³-hybridized carbons (Fsp3) is 0.538. The lowest BCUT2D eigenvalue weighted by Crippen LogP contribution is -2.35. The van der Waals surface area contributed by atoms with Crippen LogP contribution in [-0.2, 0) is 6.54 Å². The fourth-order valence-corrected chi connectivity index (χ4v) is 1.72. The van der Waals surface area contributed by atoms with Crippen LogP contribution in [0.3, 0.4) is 0 Å². The molecule has 1 aromatic rings. The fourth-order valence-electron chi connectivity index (χ4n) is 1.72. The van der Waals surface area contributed by atoms with Gasteiger partial charge in [-0.1, -0.05) is 0 Å². The topological polar surface area (TPSA) is 63.7 Å². The Morgan fingerprint density at radius 2 is 2.24 bits per heavy atom. The molecule has 0 spiro atoms. The molecule has 0 unspecified atom stereocenters. The van der Waals surface area contributed by atoms with Gasteiger partial charge in [0.05, 0.1) is 6.54 Å². The maximum absolute atomic E-state index is 12.1. The van der Waals surface area contributed by atoms with E-state index in [1.54, 1.807) is 6.07 Å². The molecule has 0 aliphatic heterocycles. The Balaban J connectivity index is 1.92. The molecule has 1 heterocycles. The largest absolute Gasteiger partial charge is 0.468 e. The molecule has 0 bridgehead atoms. The maximum Gasteiger partial charge on any atom is 0.422 e. The molecule has 21 heavy (non-hydrogen) atoms. The number of aliphatic imine (C=N–C) groups is 1. The van der Waals surface area contributed by atoms with Gasteiger partial charge in [0.25, 0.3) is 0 Å². The van der Waals surface area contributed by atoms with Crippen molar-refractivity contribution in [3.05, 3.63) is 23.9 Å². The average molecular weight is 302 g/mol. The molecule has 0 radical (unpaired) electrons. The third-order valence-electron chi connectivity index (χ3n) is 3.06. The minimum Gasteiger partial charge on any atom is -0.468 e. The van der Waals surface area contributed by atoms with Crippen molar-refractivity contribution in [2.45, 2.75) is 31.6 Å². The standard InChI is InChI=1S/C13H17F3N4O/c1-20(10-2-3-10)12(17)19-7-9-4-5-18-11(6-9)21-8-13(14,15)16/h4-6,10H,2-3,7-8H2,1H3,(H2,17,19). The molecular formula is C13H17F3N4O. The lowest BCUT2D eigenvalue weighted by atomic mass is 10.3. The Morgan fingerprint density at radius 3 is 2.86 bits per heavy atom. The Bertz CT molecular complexity index is 514. The predicted octanol–water partition coefficient (Wildman–Crippen LogP) is 1.93. The number of pyridine rings is 1. The summed E-state index contributed by atoms with van der Waals surface area (Å²) in [5.74, 6) is 0.348. The molecule has 8 heteroatoms. The summed E-state index contributed by atoms with van der Waals surface area (Å²) in [7, 11) is 1.88. The lowest BCUT2D eigenvalue weighted by molar-refractivity contribution is -0.154. The molecule has 1 aliphatic carbocycles. The zero-order valence-electron chi connectivity index (χ0n) is 11.6. The first kappa shape index (κ1) is 15.4. The molecular weight excluding hydrogens is 285 g/mol. The second kappa shape index (κ2) is 6.19. The van der Waals surface area contributed by atoms with Crippen molar-refractivity contribution in [2.24, 2.45) is 10.7 Å². The monoisotopic (exact) mass is 302 g/mol. The Kier molecular flexibility index (Phi) is 4.54. The van der Waals surface area contributed by atoms with Gasteiger partial charge in [0, 0.05) is 25.4 Å². The van der Waals surface area contributed by atoms with E-state index in [9.17, 15) is 13.2 Å². The minimum absolute atomic E-state index is 0.0749. The number of guanidine groups is 1. The second-order valence-corrected chi connectivity index (χ2v) is 4.92. The summed E-state index contributed by atoms with van der Waals surface area (Å²) in [4.78, 5) is 9.86. The molecule has 1 fully saturated rings. The van der Waals surface area contributed by atoms with Crippen molar-refractivity contribution in [2.75, 3.05) is 13.7 Å². The summed E-state index contributed by atoms with van der Waals surface area (Å²) < 4.78 is 40.8. The first-order valence-corrected chi connectivity index (χ1v) is 6.52. The van der Waals surface area contributed by atoms with Crippen LogP contribution in [0.4, 0.5) is 13.2 Å². The van der Waals surface area contributed by atoms with Crippen molar-refractivity contribution >= 4 is 5.96 Å². The summed E-state index contributed by atoms with van der Waals surface area (Å²) in [6.07, 6.45) is -0.778. The SMILES string of the molecule is CN(C(N)=NCc1ccnc(OCC(F)(F)F)c1)C1CC1. The van der Waals surface area contributed by atoms with Crippen LogP contribution in [0, 0.1) is 0 Å². The van der Waals surface area contributed by atoms with E-state index in [0.717, 1.165) is 12.8 Å². The lowest BCUT2D eigenvalue weighted by Gasteiger charge is -2.16. The highest BCUT2D eigenvalue weighted by atomic mass is 19.4. The number of hydrogen-bond donors (Lipinski definition) is 1. The molecule has 2 rings (SSSR count). The van der Waals surface area contributed by atoms with Gasteiger partial charge in [0.2, 0.25) is 5.88 Å². The number of nitrogens with zero attached hydrogens (tertiary/aromatic N) is 3. The molecule has 0 aromatic carbocycles. The van der Waals surface area contributed by atoms with Gasteiger partial charge in [0.1, 0.15) is 0 Å². The number of nitrogens with two attached hydrogens (primary N) is 1. The number of halogens is 3. The summed E-state index contributed by atoms with van der Waals surface area (Å²) >= 11 is 0. The van der Waals surface area contributed by atoms with Gasteiger partial charge in [0.15, 0.2) is 12.6 Å². The highest BCUT2D eigenvalue weighted by Gasteiger charge is 2.29. The van der Waals surface area contributed by atoms with E-state index < -0.39 is 12.8 Å². The summed E-state index contributed by atoms with van der Waals surface area (Å²) in [5, 5.41) is 0. The number of rotatable bonds is 5. The van der Waals surface area contributed by atoms with Gasteiger partial charge >= 0.3 is 6.18 Å². The second-order valence-electron chi connectivity index (χ2n) is 4.92. The molecule has 1 saturated carbocycles. The smallest absolute Gasteiger partial charge is 0.422 e. The highest BCUT2D eigenvalue weighted by molar-refractivity contribution is 5.78. The van der Waals surface area contributed by atoms with Crippen molar-refractivity contribution in [1.82, 2.24) is 9.88 Å². The van der Waals surface area contributed by atoms with Crippen molar-refractivity contribution < 1.29 is 17.9 Å². The minimum atomic E-state index is -4.38. The predicted molar refractivity (Wildman–Crippen MR) is 71.9 cm³/mol. The van der Waals surface area contributed by atoms with E-state index in [2.05, 4.69) is 14.7 Å². The van der Waals surface area contributed by atoms with Crippen LogP contribution in [0.15, 0.2) is 23.3 Å². The Labute approximate surface area is 120 Å². The average Bonchev–Trinajstić information content (AvgIpc) is 3.26. The van der Waals surface area contributed by atoms with Gasteiger partial charge in [-0.15, -0.1) is 0 Å². The first-order valence-electron chi connectivity index (χ1n) is 6.52. The van der Waals surface area contributed by atoms with E-state index in [4.69, 9.17) is 5.73 Å². The Morgan fingerprint density at radius 1 is 1.52 bits per heavy atom. The van der Waals surface area contributed by atoms with E-state index in [1.165, 1.54) is 12.3 Å². The van der Waals surface area contributed by atoms with Gasteiger partial charge in [-0.05, 0) is 24.5 Å². The van der Waals surface area contributed by atoms with E-state index in [0.29, 0.717) is 17.6 Å².